The zero-order chi connectivity index (χ0) is 16.3. The summed E-state index contributed by atoms with van der Waals surface area (Å²) < 4.78 is 4.34. The molecule has 3 rings (SSSR count). The van der Waals surface area contributed by atoms with Crippen LogP contribution in [-0.4, -0.2) is 11.3 Å². The summed E-state index contributed by atoms with van der Waals surface area (Å²) in [5.74, 6) is 0. The summed E-state index contributed by atoms with van der Waals surface area (Å²) in [6.45, 7) is 0.121. The molecule has 0 atom stereocenters. The predicted octanol–water partition coefficient (Wildman–Crippen LogP) is 5.23. The van der Waals surface area contributed by atoms with Gasteiger partial charge in [0.15, 0.2) is 0 Å². The van der Waals surface area contributed by atoms with Crippen LogP contribution in [0.4, 0.5) is 4.79 Å². The fourth-order valence-corrected chi connectivity index (χ4v) is 1.98. The molecule has 0 saturated carbocycles. The third-order valence-electron chi connectivity index (χ3n) is 3.09. The van der Waals surface area contributed by atoms with Crippen molar-refractivity contribution in [1.29, 1.82) is 0 Å². The van der Waals surface area contributed by atoms with Crippen LogP contribution in [0.25, 0.3) is 11.1 Å². The molecule has 0 aliphatic rings. The van der Waals surface area contributed by atoms with Gasteiger partial charge in [-0.2, -0.15) is 0 Å². The van der Waals surface area contributed by atoms with E-state index in [9.17, 15) is 4.79 Å². The molecular formula is C20H18O3. The Kier molecular flexibility index (Phi) is 6.42. The van der Waals surface area contributed by atoms with Crippen molar-refractivity contribution < 1.29 is 14.6 Å². The topological polar surface area (TPSA) is 46.5 Å². The molecule has 0 unspecified atom stereocenters. The van der Waals surface area contributed by atoms with Gasteiger partial charge in [-0.15, -0.1) is 0 Å². The SMILES string of the molecule is O=C(O)OCc1ccccc1.c1ccc(-c2ccccc2)cc1. The van der Waals surface area contributed by atoms with Gasteiger partial charge < -0.3 is 9.84 Å². The molecule has 0 heterocycles. The molecule has 3 nitrogen and oxygen atoms in total. The van der Waals surface area contributed by atoms with Crippen LogP contribution in [0.5, 0.6) is 0 Å². The van der Waals surface area contributed by atoms with Crippen LogP contribution < -0.4 is 0 Å². The maximum absolute atomic E-state index is 9.95. The van der Waals surface area contributed by atoms with Crippen LogP contribution in [0.1, 0.15) is 5.56 Å². The van der Waals surface area contributed by atoms with Gasteiger partial charge in [0.1, 0.15) is 6.61 Å². The molecule has 116 valence electrons. The van der Waals surface area contributed by atoms with Crippen LogP contribution in [0.15, 0.2) is 91.0 Å². The highest BCUT2D eigenvalue weighted by Crippen LogP contribution is 2.17. The predicted molar refractivity (Wildman–Crippen MR) is 91.1 cm³/mol. The van der Waals surface area contributed by atoms with E-state index in [0.717, 1.165) is 5.56 Å². The van der Waals surface area contributed by atoms with Crippen LogP contribution in [-0.2, 0) is 11.3 Å². The summed E-state index contributed by atoms with van der Waals surface area (Å²) in [6.07, 6.45) is -1.24. The number of hydrogen-bond donors (Lipinski definition) is 1. The maximum atomic E-state index is 9.95. The molecule has 0 aromatic heterocycles. The Bertz CT molecular complexity index is 657. The van der Waals surface area contributed by atoms with Crippen molar-refractivity contribution in [2.24, 2.45) is 0 Å². The van der Waals surface area contributed by atoms with E-state index in [1.54, 1.807) is 0 Å². The van der Waals surface area contributed by atoms with Gasteiger partial charge in [-0.25, -0.2) is 4.79 Å². The Hall–Kier alpha value is -3.07. The van der Waals surface area contributed by atoms with Gasteiger partial charge >= 0.3 is 6.16 Å². The highest BCUT2D eigenvalue weighted by Gasteiger charge is 1.96. The van der Waals surface area contributed by atoms with Gasteiger partial charge in [0, 0.05) is 0 Å². The minimum absolute atomic E-state index is 0.121. The Morgan fingerprint density at radius 2 is 1.09 bits per heavy atom. The van der Waals surface area contributed by atoms with Gasteiger partial charge in [-0.05, 0) is 16.7 Å². The highest BCUT2D eigenvalue weighted by molar-refractivity contribution is 5.62. The second kappa shape index (κ2) is 9.05. The number of rotatable bonds is 3. The van der Waals surface area contributed by atoms with Gasteiger partial charge in [-0.1, -0.05) is 91.0 Å². The third-order valence-corrected chi connectivity index (χ3v) is 3.09. The molecule has 0 spiro atoms. The Morgan fingerprint density at radius 1 is 0.696 bits per heavy atom. The molecule has 3 aromatic rings. The Balaban J connectivity index is 0.000000168. The summed E-state index contributed by atoms with van der Waals surface area (Å²) in [5, 5.41) is 8.15. The van der Waals surface area contributed by atoms with E-state index in [0.29, 0.717) is 0 Å². The largest absolute Gasteiger partial charge is 0.506 e. The number of hydrogen-bond acceptors (Lipinski definition) is 2. The summed E-state index contributed by atoms with van der Waals surface area (Å²) in [4.78, 5) is 9.95. The maximum Gasteiger partial charge on any atom is 0.506 e. The summed E-state index contributed by atoms with van der Waals surface area (Å²) in [5.41, 5.74) is 3.41. The number of carboxylic acid groups (broad SMARTS) is 1. The van der Waals surface area contributed by atoms with E-state index in [1.807, 2.05) is 42.5 Å². The Labute approximate surface area is 135 Å². The number of ether oxygens (including phenoxy) is 1. The van der Waals surface area contributed by atoms with E-state index in [-0.39, 0.29) is 6.61 Å². The number of benzene rings is 3. The lowest BCUT2D eigenvalue weighted by Crippen LogP contribution is -1.99. The van der Waals surface area contributed by atoms with Crippen molar-refractivity contribution in [1.82, 2.24) is 0 Å². The third kappa shape index (κ3) is 6.06. The van der Waals surface area contributed by atoms with Crippen molar-refractivity contribution in [3.63, 3.8) is 0 Å². The van der Waals surface area contributed by atoms with E-state index in [2.05, 4.69) is 53.3 Å². The van der Waals surface area contributed by atoms with Crippen LogP contribution in [0.2, 0.25) is 0 Å². The molecular weight excluding hydrogens is 288 g/mol. The monoisotopic (exact) mass is 306 g/mol. The lowest BCUT2D eigenvalue weighted by Gasteiger charge is -1.98. The van der Waals surface area contributed by atoms with E-state index in [4.69, 9.17) is 5.11 Å². The van der Waals surface area contributed by atoms with Crippen molar-refractivity contribution in [3.05, 3.63) is 96.6 Å². The summed E-state index contributed by atoms with van der Waals surface area (Å²) in [7, 11) is 0. The van der Waals surface area contributed by atoms with Crippen molar-refractivity contribution in [3.8, 4) is 11.1 Å². The highest BCUT2D eigenvalue weighted by atomic mass is 16.7. The molecule has 3 heteroatoms. The zero-order valence-corrected chi connectivity index (χ0v) is 12.6. The fraction of sp³-hybridized carbons (Fsp3) is 0.0500. The zero-order valence-electron chi connectivity index (χ0n) is 12.6. The summed E-state index contributed by atoms with van der Waals surface area (Å²) >= 11 is 0. The standard InChI is InChI=1S/C12H10.C8H8O3/c1-3-7-11(8-4-1)12-9-5-2-6-10-12;9-8(10)11-6-7-4-2-1-3-5-7/h1-10H;1-5H,6H2,(H,9,10). The molecule has 3 aromatic carbocycles. The van der Waals surface area contributed by atoms with Crippen LogP contribution in [0.3, 0.4) is 0 Å². The van der Waals surface area contributed by atoms with Crippen LogP contribution >= 0.6 is 0 Å². The lowest BCUT2D eigenvalue weighted by molar-refractivity contribution is 0.0854. The first kappa shape index (κ1) is 16.3. The average molecular weight is 306 g/mol. The molecule has 1 N–H and O–H groups in total. The molecule has 0 bridgehead atoms. The fourth-order valence-electron chi connectivity index (χ4n) is 1.98. The van der Waals surface area contributed by atoms with Crippen molar-refractivity contribution >= 4 is 6.16 Å². The minimum atomic E-state index is -1.24. The Morgan fingerprint density at radius 3 is 1.48 bits per heavy atom. The second-order valence-corrected chi connectivity index (χ2v) is 4.77. The lowest BCUT2D eigenvalue weighted by atomic mass is 10.1. The first-order chi connectivity index (χ1) is 11.3. The first-order valence-corrected chi connectivity index (χ1v) is 7.26. The molecule has 0 radical (unpaired) electrons. The van der Waals surface area contributed by atoms with Gasteiger partial charge in [0.2, 0.25) is 0 Å². The normalized spacial score (nSPS) is 9.39. The minimum Gasteiger partial charge on any atom is -0.450 e. The van der Waals surface area contributed by atoms with Crippen molar-refractivity contribution in [2.45, 2.75) is 6.61 Å². The summed E-state index contributed by atoms with van der Waals surface area (Å²) in [6, 6.07) is 29.9. The quantitative estimate of drug-likeness (QED) is 0.673. The van der Waals surface area contributed by atoms with E-state index >= 15 is 0 Å². The van der Waals surface area contributed by atoms with E-state index in [1.165, 1.54) is 11.1 Å². The number of carbonyl (C=O) groups is 1. The first-order valence-electron chi connectivity index (χ1n) is 7.26. The van der Waals surface area contributed by atoms with Gasteiger partial charge in [0.25, 0.3) is 0 Å². The molecule has 0 amide bonds. The molecule has 23 heavy (non-hydrogen) atoms. The molecule has 0 fully saturated rings. The average Bonchev–Trinajstić information content (AvgIpc) is 2.63. The van der Waals surface area contributed by atoms with Crippen LogP contribution in [0, 0.1) is 0 Å². The van der Waals surface area contributed by atoms with Crippen molar-refractivity contribution in [2.75, 3.05) is 0 Å². The smallest absolute Gasteiger partial charge is 0.450 e. The molecule has 0 aliphatic heterocycles. The van der Waals surface area contributed by atoms with Gasteiger partial charge in [0.05, 0.1) is 0 Å². The van der Waals surface area contributed by atoms with E-state index < -0.39 is 6.16 Å². The second-order valence-electron chi connectivity index (χ2n) is 4.77. The molecule has 0 aliphatic carbocycles. The molecule has 0 saturated heterocycles. The van der Waals surface area contributed by atoms with Gasteiger partial charge in [-0.3, -0.25) is 0 Å².